The van der Waals surface area contributed by atoms with Crippen LogP contribution in [-0.2, 0) is 0 Å². The molecule has 4 N–H and O–H groups in total. The molecule has 2 aliphatic heterocycles. The van der Waals surface area contributed by atoms with Crippen molar-refractivity contribution in [2.45, 2.75) is 6.18 Å². The van der Waals surface area contributed by atoms with Crippen molar-refractivity contribution in [2.24, 2.45) is 15.1 Å². The molecular formula is C20H17Cl2F4N8O+. The zero-order valence-corrected chi connectivity index (χ0v) is 19.1. The topological polar surface area (TPSA) is 117 Å². The number of anilines is 2. The molecule has 0 fully saturated rings. The summed E-state index contributed by atoms with van der Waals surface area (Å²) in [7, 11) is 0. The van der Waals surface area contributed by atoms with Crippen LogP contribution in [0.5, 0.6) is 0 Å². The molecule has 0 radical (unpaired) electrons. The predicted molar refractivity (Wildman–Crippen MR) is 127 cm³/mol. The second kappa shape index (κ2) is 10.1. The van der Waals surface area contributed by atoms with Crippen LogP contribution in [0.3, 0.4) is 0 Å². The van der Waals surface area contributed by atoms with Gasteiger partial charge in [0.25, 0.3) is 11.6 Å². The molecule has 184 valence electrons. The minimum Gasteiger partial charge on any atom is -0.383 e. The van der Waals surface area contributed by atoms with Crippen LogP contribution in [0.1, 0.15) is 15.9 Å². The molecule has 1 aromatic heterocycles. The van der Waals surface area contributed by atoms with E-state index in [1.807, 2.05) is 0 Å². The molecule has 2 aromatic rings. The molecule has 1 aromatic carbocycles. The Morgan fingerprint density at radius 2 is 1.94 bits per heavy atom. The van der Waals surface area contributed by atoms with Crippen molar-refractivity contribution < 1.29 is 27.1 Å². The van der Waals surface area contributed by atoms with Gasteiger partial charge in [-0.1, -0.05) is 11.6 Å². The van der Waals surface area contributed by atoms with Crippen LogP contribution in [0.4, 0.5) is 29.2 Å². The van der Waals surface area contributed by atoms with Crippen molar-refractivity contribution in [1.82, 2.24) is 10.4 Å². The van der Waals surface area contributed by atoms with Gasteiger partial charge in [-0.05, 0) is 40.1 Å². The Kier molecular flexibility index (Phi) is 7.55. The molecular weight excluding hydrogens is 515 g/mol. The van der Waals surface area contributed by atoms with Crippen molar-refractivity contribution in [3.63, 3.8) is 0 Å². The Hall–Kier alpha value is -3.39. The number of hydrogen-bond acceptors (Lipinski definition) is 8. The van der Waals surface area contributed by atoms with Crippen LogP contribution in [0.25, 0.3) is 5.70 Å². The van der Waals surface area contributed by atoms with E-state index in [0.717, 1.165) is 6.07 Å². The number of nitrogens with one attached hydrogen (secondary N) is 2. The third kappa shape index (κ3) is 5.48. The SMILES string of the molecule is Cl.Nc1nc(NCCN[N+]23C=C(c4ccc(F)cc4Cl)N=CC2=NC=N3)ccc1C(=O)C(F)(F)F. The van der Waals surface area contributed by atoms with Crippen molar-refractivity contribution in [3.05, 3.63) is 58.5 Å². The normalized spacial score (nSPS) is 18.4. The van der Waals surface area contributed by atoms with E-state index in [-0.39, 0.29) is 41.0 Å². The monoisotopic (exact) mass is 531 g/mol. The van der Waals surface area contributed by atoms with Gasteiger partial charge < -0.3 is 11.1 Å². The van der Waals surface area contributed by atoms with Gasteiger partial charge in [0.1, 0.15) is 29.4 Å². The summed E-state index contributed by atoms with van der Waals surface area (Å²) in [6.45, 7) is 0.551. The fraction of sp³-hybridized carbons (Fsp3) is 0.150. The first-order valence-electron chi connectivity index (χ1n) is 9.70. The van der Waals surface area contributed by atoms with Gasteiger partial charge in [0.15, 0.2) is 12.5 Å². The van der Waals surface area contributed by atoms with Crippen LogP contribution >= 0.6 is 24.0 Å². The predicted octanol–water partition coefficient (Wildman–Crippen LogP) is 3.79. The summed E-state index contributed by atoms with van der Waals surface area (Å²) in [5, 5.41) is 7.41. The van der Waals surface area contributed by atoms with E-state index in [2.05, 4.69) is 30.8 Å². The molecule has 0 saturated carbocycles. The van der Waals surface area contributed by atoms with Crippen LogP contribution in [-0.4, -0.2) is 53.1 Å². The number of ketones is 1. The lowest BCUT2D eigenvalue weighted by molar-refractivity contribution is -0.838. The smallest absolute Gasteiger partial charge is 0.383 e. The first-order chi connectivity index (χ1) is 16.1. The number of amidine groups is 1. The van der Waals surface area contributed by atoms with E-state index in [1.54, 1.807) is 6.20 Å². The first-order valence-corrected chi connectivity index (χ1v) is 10.1. The van der Waals surface area contributed by atoms with Gasteiger partial charge in [0.05, 0.1) is 17.1 Å². The number of carbonyl (C=O) groups is 1. The molecule has 1 atom stereocenters. The number of aliphatic imine (C=N–C) groups is 2. The molecule has 0 amide bonds. The Balaban J connectivity index is 0.00000342. The Morgan fingerprint density at radius 3 is 2.63 bits per heavy atom. The third-order valence-corrected chi connectivity index (χ3v) is 5.13. The summed E-state index contributed by atoms with van der Waals surface area (Å²) >= 11 is 6.15. The minimum absolute atomic E-state index is 0. The number of nitrogen functional groups attached to an aromatic ring is 1. The maximum atomic E-state index is 13.4. The maximum Gasteiger partial charge on any atom is 0.455 e. The van der Waals surface area contributed by atoms with E-state index < -0.39 is 29.2 Å². The van der Waals surface area contributed by atoms with Gasteiger partial charge in [-0.3, -0.25) is 4.79 Å². The number of halogens is 6. The second-order valence-electron chi connectivity index (χ2n) is 7.09. The van der Waals surface area contributed by atoms with E-state index in [1.165, 1.54) is 36.8 Å². The minimum atomic E-state index is -5.04. The number of carbonyl (C=O) groups excluding carboxylic acids is 1. The fourth-order valence-electron chi connectivity index (χ4n) is 3.21. The summed E-state index contributed by atoms with van der Waals surface area (Å²) in [4.78, 5) is 23.6. The number of aromatic nitrogens is 1. The van der Waals surface area contributed by atoms with E-state index in [0.29, 0.717) is 17.1 Å². The average molecular weight is 532 g/mol. The fourth-order valence-corrected chi connectivity index (χ4v) is 3.47. The van der Waals surface area contributed by atoms with Crippen molar-refractivity contribution in [2.75, 3.05) is 24.1 Å². The highest BCUT2D eigenvalue weighted by Gasteiger charge is 2.41. The standard InChI is InChI=1S/C20H15ClF4N8O.ClH/c21-14-7-11(22)1-2-12(14)15-9-33(17(8-28-15)29-10-31-33)30-6-5-27-16-4-3-13(19(26)32-16)18(34)20(23,24)25;/h1-4,7-10,30H,5-6H2,(H2-,26,27,32,34);1H/p+1. The van der Waals surface area contributed by atoms with E-state index in [9.17, 15) is 22.4 Å². The molecule has 35 heavy (non-hydrogen) atoms. The highest BCUT2D eigenvalue weighted by atomic mass is 35.5. The van der Waals surface area contributed by atoms with Gasteiger partial charge in [-0.25, -0.2) is 14.4 Å². The zero-order valence-electron chi connectivity index (χ0n) is 17.6. The van der Waals surface area contributed by atoms with Gasteiger partial charge >= 0.3 is 6.18 Å². The summed E-state index contributed by atoms with van der Waals surface area (Å²) < 4.78 is 51.0. The number of quaternary nitrogens is 1. The quantitative estimate of drug-likeness (QED) is 0.217. The Bertz CT molecular complexity index is 1280. The molecule has 0 aliphatic carbocycles. The molecule has 2 aliphatic rings. The molecule has 0 saturated heterocycles. The molecule has 3 heterocycles. The number of benzene rings is 1. The third-order valence-electron chi connectivity index (χ3n) is 4.82. The summed E-state index contributed by atoms with van der Waals surface area (Å²) in [5.74, 6) is -2.41. The number of pyridine rings is 1. The number of hydrogen-bond donors (Lipinski definition) is 3. The van der Waals surface area contributed by atoms with Gasteiger partial charge in [-0.15, -0.1) is 17.8 Å². The van der Waals surface area contributed by atoms with E-state index >= 15 is 0 Å². The number of Topliss-reactive ketones (excluding diaryl/α,β-unsaturated/α-hetero) is 1. The van der Waals surface area contributed by atoms with Crippen LogP contribution in [0.15, 0.2) is 51.6 Å². The first kappa shape index (κ1) is 26.2. The van der Waals surface area contributed by atoms with Crippen molar-refractivity contribution in [3.8, 4) is 0 Å². The Labute approximate surface area is 207 Å². The van der Waals surface area contributed by atoms with Gasteiger partial charge in [0, 0.05) is 12.1 Å². The highest BCUT2D eigenvalue weighted by Crippen LogP contribution is 2.30. The lowest BCUT2D eigenvalue weighted by atomic mass is 10.1. The molecule has 0 spiro atoms. The highest BCUT2D eigenvalue weighted by molar-refractivity contribution is 6.33. The molecule has 1 unspecified atom stereocenters. The second-order valence-corrected chi connectivity index (χ2v) is 7.50. The van der Waals surface area contributed by atoms with Gasteiger partial charge in [0.2, 0.25) is 0 Å². The summed E-state index contributed by atoms with van der Waals surface area (Å²) in [6, 6.07) is 6.14. The molecule has 4 rings (SSSR count). The number of fused-ring (bicyclic) bond motifs is 1. The molecule has 9 nitrogen and oxygen atoms in total. The number of nitrogens with zero attached hydrogens (tertiary/aromatic N) is 5. The van der Waals surface area contributed by atoms with Crippen LogP contribution < -0.4 is 16.5 Å². The average Bonchev–Trinajstić information content (AvgIpc) is 3.19. The van der Waals surface area contributed by atoms with Crippen LogP contribution in [0.2, 0.25) is 5.02 Å². The lowest BCUT2D eigenvalue weighted by Crippen LogP contribution is -2.55. The van der Waals surface area contributed by atoms with Gasteiger partial charge in [-0.2, -0.15) is 18.2 Å². The molecule has 15 heteroatoms. The van der Waals surface area contributed by atoms with Crippen LogP contribution in [0, 0.1) is 5.82 Å². The number of nitrogens with two attached hydrogens (primary N) is 1. The molecule has 0 bridgehead atoms. The van der Waals surface area contributed by atoms with Crippen molar-refractivity contribution in [1.29, 1.82) is 0 Å². The maximum absolute atomic E-state index is 13.4. The van der Waals surface area contributed by atoms with Crippen molar-refractivity contribution >= 4 is 65.5 Å². The zero-order chi connectivity index (χ0) is 24.5. The number of rotatable bonds is 7. The largest absolute Gasteiger partial charge is 0.455 e. The number of alkyl halides is 3. The Morgan fingerprint density at radius 1 is 1.17 bits per heavy atom. The lowest BCUT2D eigenvalue weighted by Gasteiger charge is -2.26. The summed E-state index contributed by atoms with van der Waals surface area (Å²) in [6.07, 6.45) is -0.538. The summed E-state index contributed by atoms with van der Waals surface area (Å²) in [5.41, 5.74) is 8.92. The van der Waals surface area contributed by atoms with E-state index in [4.69, 9.17) is 17.3 Å².